The summed E-state index contributed by atoms with van der Waals surface area (Å²) in [6, 6.07) is 52.4. The molecule has 44 heavy (non-hydrogen) atoms. The van der Waals surface area contributed by atoms with Gasteiger partial charge in [-0.3, -0.25) is 4.57 Å². The summed E-state index contributed by atoms with van der Waals surface area (Å²) < 4.78 is 8.70. The van der Waals surface area contributed by atoms with Crippen molar-refractivity contribution in [3.63, 3.8) is 0 Å². The Hall–Kier alpha value is -6.00. The summed E-state index contributed by atoms with van der Waals surface area (Å²) >= 11 is 0. The highest BCUT2D eigenvalue weighted by Gasteiger charge is 2.22. The molecule has 0 N–H and O–H groups in total. The maximum absolute atomic E-state index is 6.44. The van der Waals surface area contributed by atoms with Crippen LogP contribution >= 0.6 is 0 Å². The Morgan fingerprint density at radius 3 is 1.98 bits per heavy atom. The van der Waals surface area contributed by atoms with Crippen molar-refractivity contribution in [3.05, 3.63) is 152 Å². The molecule has 9 aromatic rings. The van der Waals surface area contributed by atoms with Gasteiger partial charge in [0.2, 0.25) is 0 Å². The van der Waals surface area contributed by atoms with E-state index in [4.69, 9.17) is 14.4 Å². The van der Waals surface area contributed by atoms with Gasteiger partial charge in [0.15, 0.2) is 5.82 Å². The third-order valence-corrected chi connectivity index (χ3v) is 8.42. The second kappa shape index (κ2) is 9.79. The highest BCUT2D eigenvalue weighted by atomic mass is 16.3. The maximum Gasteiger partial charge on any atom is 0.162 e. The summed E-state index contributed by atoms with van der Waals surface area (Å²) in [4.78, 5) is 10.5. The van der Waals surface area contributed by atoms with E-state index in [2.05, 4.69) is 114 Å². The number of hydrogen-bond donors (Lipinski definition) is 0. The molecule has 0 atom stereocenters. The van der Waals surface area contributed by atoms with E-state index in [0.29, 0.717) is 5.82 Å². The van der Waals surface area contributed by atoms with Crippen LogP contribution in [0, 0.1) is 0 Å². The fourth-order valence-corrected chi connectivity index (χ4v) is 6.41. The van der Waals surface area contributed by atoms with Crippen molar-refractivity contribution in [2.75, 3.05) is 0 Å². The molecule has 0 saturated heterocycles. The third kappa shape index (κ3) is 3.78. The van der Waals surface area contributed by atoms with Crippen LogP contribution in [0.25, 0.3) is 83.3 Å². The van der Waals surface area contributed by atoms with Gasteiger partial charge < -0.3 is 4.42 Å². The van der Waals surface area contributed by atoms with Gasteiger partial charge in [0.25, 0.3) is 0 Å². The van der Waals surface area contributed by atoms with Gasteiger partial charge in [-0.2, -0.15) is 0 Å². The van der Waals surface area contributed by atoms with Gasteiger partial charge in [0.1, 0.15) is 16.8 Å². The van der Waals surface area contributed by atoms with Crippen molar-refractivity contribution in [2.45, 2.75) is 0 Å². The zero-order valence-electron chi connectivity index (χ0n) is 23.7. The Morgan fingerprint density at radius 1 is 0.500 bits per heavy atom. The van der Waals surface area contributed by atoms with Crippen LogP contribution in [-0.2, 0) is 0 Å². The van der Waals surface area contributed by atoms with Crippen LogP contribution in [0.1, 0.15) is 0 Å². The lowest BCUT2D eigenvalue weighted by atomic mass is 9.99. The molecular weight excluding hydrogens is 538 g/mol. The molecule has 0 aliphatic rings. The van der Waals surface area contributed by atoms with E-state index < -0.39 is 0 Å². The van der Waals surface area contributed by atoms with Crippen molar-refractivity contribution >= 4 is 43.9 Å². The number of benzene rings is 6. The lowest BCUT2D eigenvalue weighted by molar-refractivity contribution is 0.670. The minimum atomic E-state index is 0.698. The second-order valence-electron chi connectivity index (χ2n) is 11.0. The number of rotatable bonds is 4. The fraction of sp³-hybridized carbons (Fsp3) is 0. The maximum atomic E-state index is 6.44. The molecule has 3 aromatic heterocycles. The quantitative estimate of drug-likeness (QED) is 0.214. The minimum absolute atomic E-state index is 0.698. The SMILES string of the molecule is c1ccc(-c2nc(-c3ccccc3)c3c4cc(-c5cccc6c5oc5ccccc56)ccc4n(-c4ccccc4)c3n2)cc1. The van der Waals surface area contributed by atoms with Crippen molar-refractivity contribution in [1.29, 1.82) is 0 Å². The molecule has 0 amide bonds. The summed E-state index contributed by atoms with van der Waals surface area (Å²) in [5.41, 5.74) is 9.87. The summed E-state index contributed by atoms with van der Waals surface area (Å²) in [5.74, 6) is 0.698. The largest absolute Gasteiger partial charge is 0.455 e. The van der Waals surface area contributed by atoms with Crippen LogP contribution in [0.15, 0.2) is 156 Å². The molecule has 3 heterocycles. The van der Waals surface area contributed by atoms with Crippen LogP contribution in [0.2, 0.25) is 0 Å². The molecule has 0 saturated carbocycles. The Kier molecular flexibility index (Phi) is 5.47. The molecule has 9 rings (SSSR count). The minimum Gasteiger partial charge on any atom is -0.455 e. The Bertz CT molecular complexity index is 2480. The second-order valence-corrected chi connectivity index (χ2v) is 11.0. The molecule has 0 fully saturated rings. The molecule has 0 aliphatic heterocycles. The third-order valence-electron chi connectivity index (χ3n) is 8.42. The Morgan fingerprint density at radius 2 is 1.18 bits per heavy atom. The predicted molar refractivity (Wildman–Crippen MR) is 180 cm³/mol. The molecule has 0 unspecified atom stereocenters. The van der Waals surface area contributed by atoms with Gasteiger partial charge in [-0.05, 0) is 35.9 Å². The first-order valence-corrected chi connectivity index (χ1v) is 14.8. The first-order chi connectivity index (χ1) is 21.8. The number of nitrogens with zero attached hydrogens (tertiary/aromatic N) is 3. The van der Waals surface area contributed by atoms with E-state index in [0.717, 1.165) is 77.5 Å². The van der Waals surface area contributed by atoms with Gasteiger partial charge in [0.05, 0.1) is 16.6 Å². The first-order valence-electron chi connectivity index (χ1n) is 14.8. The highest BCUT2D eigenvalue weighted by Crippen LogP contribution is 2.41. The van der Waals surface area contributed by atoms with Gasteiger partial charge >= 0.3 is 0 Å². The average Bonchev–Trinajstić information content (AvgIpc) is 3.64. The number of furan rings is 1. The zero-order valence-corrected chi connectivity index (χ0v) is 23.7. The zero-order chi connectivity index (χ0) is 29.0. The van der Waals surface area contributed by atoms with Crippen molar-refractivity contribution in [2.24, 2.45) is 0 Å². The Labute approximate surface area is 253 Å². The van der Waals surface area contributed by atoms with Gasteiger partial charge in [-0.1, -0.05) is 121 Å². The van der Waals surface area contributed by atoms with E-state index >= 15 is 0 Å². The van der Waals surface area contributed by atoms with Crippen LogP contribution in [0.3, 0.4) is 0 Å². The van der Waals surface area contributed by atoms with Crippen LogP contribution in [0.5, 0.6) is 0 Å². The van der Waals surface area contributed by atoms with Crippen LogP contribution in [0.4, 0.5) is 0 Å². The smallest absolute Gasteiger partial charge is 0.162 e. The number of aromatic nitrogens is 3. The highest BCUT2D eigenvalue weighted by molar-refractivity contribution is 6.16. The van der Waals surface area contributed by atoms with Gasteiger partial charge in [0, 0.05) is 38.5 Å². The van der Waals surface area contributed by atoms with Crippen molar-refractivity contribution < 1.29 is 4.42 Å². The molecule has 206 valence electrons. The predicted octanol–water partition coefficient (Wildman–Crippen LogP) is 10.5. The average molecular weight is 564 g/mol. The van der Waals surface area contributed by atoms with E-state index in [1.807, 2.05) is 42.5 Å². The summed E-state index contributed by atoms with van der Waals surface area (Å²) in [7, 11) is 0. The first kappa shape index (κ1) is 24.6. The molecule has 4 heteroatoms. The number of para-hydroxylation sites is 3. The topological polar surface area (TPSA) is 43.9 Å². The van der Waals surface area contributed by atoms with Crippen molar-refractivity contribution in [1.82, 2.24) is 14.5 Å². The van der Waals surface area contributed by atoms with Crippen LogP contribution in [-0.4, -0.2) is 14.5 Å². The molecule has 0 radical (unpaired) electrons. The molecule has 0 spiro atoms. The summed E-state index contributed by atoms with van der Waals surface area (Å²) in [5, 5.41) is 4.35. The van der Waals surface area contributed by atoms with E-state index in [-0.39, 0.29) is 0 Å². The molecular formula is C40H25N3O. The number of hydrogen-bond acceptors (Lipinski definition) is 3. The lowest BCUT2D eigenvalue weighted by Gasteiger charge is -2.10. The lowest BCUT2D eigenvalue weighted by Crippen LogP contribution is -1.99. The number of fused-ring (bicyclic) bond motifs is 6. The molecule has 0 aliphatic carbocycles. The summed E-state index contributed by atoms with van der Waals surface area (Å²) in [6.45, 7) is 0. The normalized spacial score (nSPS) is 11.6. The Balaban J connectivity index is 1.40. The standard InChI is InChI=1S/C40H25N3O/c1-4-13-26(14-5-1)37-36-33-25-28(30-20-12-21-32-31-19-10-11-22-35(31)44-38(30)32)23-24-34(33)43(29-17-8-3-9-18-29)40(36)42-39(41-37)27-15-6-2-7-16-27/h1-25H. The van der Waals surface area contributed by atoms with Gasteiger partial charge in [-0.15, -0.1) is 0 Å². The monoisotopic (exact) mass is 563 g/mol. The van der Waals surface area contributed by atoms with Gasteiger partial charge in [-0.25, -0.2) is 9.97 Å². The summed E-state index contributed by atoms with van der Waals surface area (Å²) in [6.07, 6.45) is 0. The van der Waals surface area contributed by atoms with Crippen LogP contribution < -0.4 is 0 Å². The molecule has 6 aromatic carbocycles. The van der Waals surface area contributed by atoms with Crippen molar-refractivity contribution in [3.8, 4) is 39.5 Å². The van der Waals surface area contributed by atoms with E-state index in [1.54, 1.807) is 0 Å². The van der Waals surface area contributed by atoms with E-state index in [9.17, 15) is 0 Å². The molecule has 0 bridgehead atoms. The molecule has 4 nitrogen and oxygen atoms in total. The fourth-order valence-electron chi connectivity index (χ4n) is 6.41. The van der Waals surface area contributed by atoms with E-state index in [1.165, 1.54) is 0 Å².